The average molecular weight is 385 g/mol. The molecule has 0 radical (unpaired) electrons. The Hall–Kier alpha value is -2.83. The Kier molecular flexibility index (Phi) is 5.07. The molecule has 0 aliphatic carbocycles. The number of nitrogens with one attached hydrogen (secondary N) is 1. The van der Waals surface area contributed by atoms with E-state index >= 15 is 0 Å². The number of piperidine rings is 1. The monoisotopic (exact) mass is 385 g/mol. The normalized spacial score (nSPS) is 21.5. The molecule has 0 saturated carbocycles. The summed E-state index contributed by atoms with van der Waals surface area (Å²) in [6, 6.07) is 6.85. The molecule has 1 unspecified atom stereocenters. The Morgan fingerprint density at radius 3 is 2.64 bits per heavy atom. The van der Waals surface area contributed by atoms with Gasteiger partial charge in [0.1, 0.15) is 17.5 Å². The van der Waals surface area contributed by atoms with Gasteiger partial charge in [0.15, 0.2) is 0 Å². The van der Waals surface area contributed by atoms with E-state index in [4.69, 9.17) is 0 Å². The number of hydrogen-bond acceptors (Lipinski definition) is 3. The van der Waals surface area contributed by atoms with Gasteiger partial charge in [0.25, 0.3) is 0 Å². The van der Waals surface area contributed by atoms with Crippen molar-refractivity contribution in [1.82, 2.24) is 9.88 Å². The summed E-state index contributed by atoms with van der Waals surface area (Å²) in [5, 5.41) is 2.78. The molecule has 1 aromatic heterocycles. The first kappa shape index (κ1) is 18.5. The van der Waals surface area contributed by atoms with E-state index < -0.39 is 11.6 Å². The second-order valence-electron chi connectivity index (χ2n) is 7.51. The van der Waals surface area contributed by atoms with Gasteiger partial charge in [-0.25, -0.2) is 13.8 Å². The van der Waals surface area contributed by atoms with Gasteiger partial charge in [0, 0.05) is 43.3 Å². The number of anilines is 1. The zero-order valence-corrected chi connectivity index (χ0v) is 15.3. The SMILES string of the molecule is O=C(C[C@H]1CCN2C(=O)CCC2C1)Nc1ccc(-c2cc(F)cc(F)c2)cn1. The summed E-state index contributed by atoms with van der Waals surface area (Å²) in [6.45, 7) is 0.735. The minimum absolute atomic E-state index is 0.111. The van der Waals surface area contributed by atoms with E-state index in [9.17, 15) is 18.4 Å². The largest absolute Gasteiger partial charge is 0.340 e. The van der Waals surface area contributed by atoms with E-state index in [0.717, 1.165) is 31.9 Å². The standard InChI is InChI=1S/C21H21F2N3O2/c22-16-9-15(10-17(23)11-16)14-1-3-19(24-12-14)25-20(27)8-13-5-6-26-18(7-13)2-4-21(26)28/h1,3,9-13,18H,2,4-8H2,(H,24,25,27)/t13-,18?/m0/s1. The molecule has 0 bridgehead atoms. The first-order chi connectivity index (χ1) is 13.5. The zero-order chi connectivity index (χ0) is 19.7. The van der Waals surface area contributed by atoms with Crippen LogP contribution >= 0.6 is 0 Å². The number of rotatable bonds is 4. The molecule has 2 aliphatic heterocycles. The lowest BCUT2D eigenvalue weighted by molar-refractivity contribution is -0.130. The summed E-state index contributed by atoms with van der Waals surface area (Å²) in [6.07, 6.45) is 5.10. The molecule has 1 aromatic carbocycles. The lowest BCUT2D eigenvalue weighted by Crippen LogP contribution is -2.41. The van der Waals surface area contributed by atoms with Crippen molar-refractivity contribution in [2.45, 2.75) is 38.1 Å². The number of fused-ring (bicyclic) bond motifs is 1. The molecule has 2 atom stereocenters. The van der Waals surface area contributed by atoms with Crippen LogP contribution in [0.15, 0.2) is 36.5 Å². The third kappa shape index (κ3) is 4.03. The van der Waals surface area contributed by atoms with Crippen LogP contribution < -0.4 is 5.32 Å². The van der Waals surface area contributed by atoms with Gasteiger partial charge in [-0.15, -0.1) is 0 Å². The highest BCUT2D eigenvalue weighted by Crippen LogP contribution is 2.32. The molecule has 4 rings (SSSR count). The number of benzene rings is 1. The molecule has 2 fully saturated rings. The number of aromatic nitrogens is 1. The fourth-order valence-corrected chi connectivity index (χ4v) is 4.17. The lowest BCUT2D eigenvalue weighted by Gasteiger charge is -2.34. The van der Waals surface area contributed by atoms with Gasteiger partial charge in [-0.2, -0.15) is 0 Å². The van der Waals surface area contributed by atoms with Gasteiger partial charge in [-0.1, -0.05) is 0 Å². The van der Waals surface area contributed by atoms with Crippen molar-refractivity contribution in [3.8, 4) is 11.1 Å². The zero-order valence-electron chi connectivity index (χ0n) is 15.3. The van der Waals surface area contributed by atoms with Gasteiger partial charge in [-0.05, 0) is 55.0 Å². The number of pyridine rings is 1. The topological polar surface area (TPSA) is 62.3 Å². The number of nitrogens with zero attached hydrogens (tertiary/aromatic N) is 2. The summed E-state index contributed by atoms with van der Waals surface area (Å²) < 4.78 is 26.7. The van der Waals surface area contributed by atoms with E-state index in [-0.39, 0.29) is 23.8 Å². The van der Waals surface area contributed by atoms with Crippen LogP contribution in [0.3, 0.4) is 0 Å². The maximum Gasteiger partial charge on any atom is 0.225 e. The van der Waals surface area contributed by atoms with Gasteiger partial charge in [0.2, 0.25) is 11.8 Å². The molecule has 3 heterocycles. The van der Waals surface area contributed by atoms with Crippen LogP contribution in [0.1, 0.15) is 32.1 Å². The van der Waals surface area contributed by atoms with Gasteiger partial charge < -0.3 is 10.2 Å². The second kappa shape index (κ2) is 7.66. The van der Waals surface area contributed by atoms with E-state index in [1.165, 1.54) is 18.3 Å². The Morgan fingerprint density at radius 2 is 1.93 bits per heavy atom. The molecule has 2 amide bonds. The maximum absolute atomic E-state index is 13.4. The van der Waals surface area contributed by atoms with E-state index in [1.807, 2.05) is 4.90 Å². The first-order valence-corrected chi connectivity index (χ1v) is 9.50. The van der Waals surface area contributed by atoms with Crippen LogP contribution in [0.25, 0.3) is 11.1 Å². The van der Waals surface area contributed by atoms with Crippen LogP contribution in [-0.4, -0.2) is 34.3 Å². The fraction of sp³-hybridized carbons (Fsp3) is 0.381. The Morgan fingerprint density at radius 1 is 1.14 bits per heavy atom. The minimum atomic E-state index is -0.651. The van der Waals surface area contributed by atoms with Crippen molar-refractivity contribution in [3.63, 3.8) is 0 Å². The quantitative estimate of drug-likeness (QED) is 0.872. The number of carbonyl (C=O) groups is 2. The fourth-order valence-electron chi connectivity index (χ4n) is 4.17. The predicted molar refractivity (Wildman–Crippen MR) is 100 cm³/mol. The van der Waals surface area contributed by atoms with Crippen molar-refractivity contribution in [1.29, 1.82) is 0 Å². The second-order valence-corrected chi connectivity index (χ2v) is 7.51. The molecular weight excluding hydrogens is 364 g/mol. The van der Waals surface area contributed by atoms with Crippen LogP contribution in [0, 0.1) is 17.6 Å². The van der Waals surface area contributed by atoms with Crippen molar-refractivity contribution in [3.05, 3.63) is 48.2 Å². The highest BCUT2D eigenvalue weighted by Gasteiger charge is 2.36. The summed E-state index contributed by atoms with van der Waals surface area (Å²) in [5.74, 6) is -0.513. The van der Waals surface area contributed by atoms with Gasteiger partial charge >= 0.3 is 0 Å². The first-order valence-electron chi connectivity index (χ1n) is 9.50. The average Bonchev–Trinajstić information content (AvgIpc) is 3.02. The third-order valence-corrected chi connectivity index (χ3v) is 5.54. The van der Waals surface area contributed by atoms with Crippen molar-refractivity contribution >= 4 is 17.6 Å². The predicted octanol–water partition coefficient (Wildman–Crippen LogP) is 3.76. The smallest absolute Gasteiger partial charge is 0.225 e. The van der Waals surface area contributed by atoms with E-state index in [1.54, 1.807) is 12.1 Å². The molecule has 2 saturated heterocycles. The molecule has 146 valence electrons. The Bertz CT molecular complexity index is 881. The summed E-state index contributed by atoms with van der Waals surface area (Å²) >= 11 is 0. The van der Waals surface area contributed by atoms with Crippen LogP contribution in [0.2, 0.25) is 0 Å². The number of halogens is 2. The third-order valence-electron chi connectivity index (χ3n) is 5.54. The van der Waals surface area contributed by atoms with Crippen molar-refractivity contribution in [2.75, 3.05) is 11.9 Å². The van der Waals surface area contributed by atoms with Crippen molar-refractivity contribution < 1.29 is 18.4 Å². The lowest BCUT2D eigenvalue weighted by atomic mass is 9.88. The molecule has 7 heteroatoms. The van der Waals surface area contributed by atoms with Crippen LogP contribution in [-0.2, 0) is 9.59 Å². The molecule has 1 N–H and O–H groups in total. The summed E-state index contributed by atoms with van der Waals surface area (Å²) in [5.41, 5.74) is 0.954. The van der Waals surface area contributed by atoms with Crippen LogP contribution in [0.4, 0.5) is 14.6 Å². The Balaban J connectivity index is 1.34. The van der Waals surface area contributed by atoms with Crippen LogP contribution in [0.5, 0.6) is 0 Å². The number of hydrogen-bond donors (Lipinski definition) is 1. The maximum atomic E-state index is 13.4. The van der Waals surface area contributed by atoms with E-state index in [0.29, 0.717) is 29.8 Å². The van der Waals surface area contributed by atoms with Crippen molar-refractivity contribution in [2.24, 2.45) is 5.92 Å². The Labute approximate surface area is 161 Å². The highest BCUT2D eigenvalue weighted by atomic mass is 19.1. The molecule has 2 aliphatic rings. The van der Waals surface area contributed by atoms with Gasteiger partial charge in [-0.3, -0.25) is 9.59 Å². The summed E-state index contributed by atoms with van der Waals surface area (Å²) in [7, 11) is 0. The summed E-state index contributed by atoms with van der Waals surface area (Å²) in [4.78, 5) is 30.2. The molecule has 2 aromatic rings. The molecule has 0 spiro atoms. The van der Waals surface area contributed by atoms with E-state index in [2.05, 4.69) is 10.3 Å². The molecule has 28 heavy (non-hydrogen) atoms. The van der Waals surface area contributed by atoms with Gasteiger partial charge in [0.05, 0.1) is 0 Å². The number of amides is 2. The molecule has 5 nitrogen and oxygen atoms in total. The highest BCUT2D eigenvalue weighted by molar-refractivity contribution is 5.90. The minimum Gasteiger partial charge on any atom is -0.340 e. The molecular formula is C21H21F2N3O2. The number of carbonyl (C=O) groups excluding carboxylic acids is 2.